The van der Waals surface area contributed by atoms with Crippen molar-refractivity contribution in [1.29, 1.82) is 0 Å². The Morgan fingerprint density at radius 3 is 2.62 bits per heavy atom. The number of likely N-dealkylation sites (tertiary alicyclic amines) is 1. The van der Waals surface area contributed by atoms with Gasteiger partial charge in [0, 0.05) is 32.3 Å². The fourth-order valence-electron chi connectivity index (χ4n) is 3.90. The van der Waals surface area contributed by atoms with Crippen LogP contribution in [0.2, 0.25) is 0 Å². The monoisotopic (exact) mass is 360 g/mol. The Balaban J connectivity index is 1.78. The minimum absolute atomic E-state index is 0.0409. The molecule has 1 amide bonds. The van der Waals surface area contributed by atoms with E-state index in [1.54, 1.807) is 16.6 Å². The SMILES string of the molecule is Cc1nc2c(c(C)c1CCC(=O)N1C[C@@H](C)[C@H](C(=O)O)C1)c(=O)[nH]n2C. The normalized spacial score (nSPS) is 20.1. The molecule has 8 heteroatoms. The standard InChI is InChI=1S/C18H24N4O4/c1-9-7-22(8-13(9)18(25)26)14(23)6-5-12-10(2)15-16(19-11(12)3)21(4)20-17(15)24/h9,13H,5-8H2,1-4H3,(H,20,24)(H,25,26)/t9-,13-/m1/s1. The van der Waals surface area contributed by atoms with Crippen LogP contribution in [-0.2, 0) is 23.1 Å². The van der Waals surface area contributed by atoms with Gasteiger partial charge in [-0.25, -0.2) is 4.98 Å². The van der Waals surface area contributed by atoms with Crippen molar-refractivity contribution in [2.75, 3.05) is 13.1 Å². The van der Waals surface area contributed by atoms with E-state index in [1.807, 2.05) is 20.8 Å². The maximum absolute atomic E-state index is 12.5. The van der Waals surface area contributed by atoms with E-state index in [0.717, 1.165) is 16.8 Å². The quantitative estimate of drug-likeness (QED) is 0.845. The molecule has 0 saturated carbocycles. The number of nitrogens with one attached hydrogen (secondary N) is 1. The van der Waals surface area contributed by atoms with Gasteiger partial charge in [-0.3, -0.25) is 24.2 Å². The third kappa shape index (κ3) is 3.00. The highest BCUT2D eigenvalue weighted by Crippen LogP contribution is 2.25. The van der Waals surface area contributed by atoms with Crippen LogP contribution in [0.15, 0.2) is 4.79 Å². The van der Waals surface area contributed by atoms with Crippen LogP contribution in [0, 0.1) is 25.7 Å². The number of carboxylic acids is 1. The average Bonchev–Trinajstić information content (AvgIpc) is 3.07. The zero-order valence-corrected chi connectivity index (χ0v) is 15.5. The van der Waals surface area contributed by atoms with Gasteiger partial charge in [0.2, 0.25) is 5.91 Å². The molecule has 8 nitrogen and oxygen atoms in total. The van der Waals surface area contributed by atoms with Crippen LogP contribution in [-0.4, -0.2) is 49.7 Å². The highest BCUT2D eigenvalue weighted by molar-refractivity contribution is 5.81. The molecule has 0 bridgehead atoms. The molecule has 2 aromatic heterocycles. The number of nitrogens with zero attached hydrogens (tertiary/aromatic N) is 3. The molecular weight excluding hydrogens is 336 g/mol. The maximum Gasteiger partial charge on any atom is 0.308 e. The van der Waals surface area contributed by atoms with Crippen molar-refractivity contribution in [2.45, 2.75) is 33.6 Å². The molecule has 1 fully saturated rings. The Kier molecular flexibility index (Phi) is 4.60. The highest BCUT2D eigenvalue weighted by atomic mass is 16.4. The van der Waals surface area contributed by atoms with Crippen molar-refractivity contribution in [1.82, 2.24) is 19.7 Å². The van der Waals surface area contributed by atoms with E-state index in [1.165, 1.54) is 0 Å². The molecule has 1 aliphatic heterocycles. The molecule has 0 unspecified atom stereocenters. The molecule has 2 N–H and O–H groups in total. The van der Waals surface area contributed by atoms with Crippen LogP contribution in [0.4, 0.5) is 0 Å². The average molecular weight is 360 g/mol. The van der Waals surface area contributed by atoms with Gasteiger partial charge < -0.3 is 10.0 Å². The molecule has 3 heterocycles. The van der Waals surface area contributed by atoms with Crippen LogP contribution in [0.25, 0.3) is 11.0 Å². The fraction of sp³-hybridized carbons (Fsp3) is 0.556. The first kappa shape index (κ1) is 18.2. The molecule has 1 saturated heterocycles. The van der Waals surface area contributed by atoms with Gasteiger partial charge in [-0.2, -0.15) is 0 Å². The van der Waals surface area contributed by atoms with E-state index in [-0.39, 0.29) is 30.3 Å². The second-order valence-electron chi connectivity index (χ2n) is 7.22. The molecule has 140 valence electrons. The number of hydrogen-bond acceptors (Lipinski definition) is 4. The summed E-state index contributed by atoms with van der Waals surface area (Å²) in [5, 5.41) is 12.5. The van der Waals surface area contributed by atoms with Gasteiger partial charge in [-0.15, -0.1) is 0 Å². The van der Waals surface area contributed by atoms with Gasteiger partial charge in [0.25, 0.3) is 5.56 Å². The lowest BCUT2D eigenvalue weighted by Gasteiger charge is -2.17. The summed E-state index contributed by atoms with van der Waals surface area (Å²) in [6.45, 7) is 6.36. The van der Waals surface area contributed by atoms with Crippen molar-refractivity contribution in [2.24, 2.45) is 18.9 Å². The van der Waals surface area contributed by atoms with Crippen molar-refractivity contribution in [3.8, 4) is 0 Å². The Labute approximate surface area is 150 Å². The first-order valence-electron chi connectivity index (χ1n) is 8.76. The second kappa shape index (κ2) is 6.59. The number of carbonyl (C=O) groups excluding carboxylic acids is 1. The van der Waals surface area contributed by atoms with Crippen LogP contribution < -0.4 is 5.56 Å². The molecule has 3 rings (SSSR count). The van der Waals surface area contributed by atoms with E-state index in [0.29, 0.717) is 24.0 Å². The third-order valence-electron chi connectivity index (χ3n) is 5.45. The van der Waals surface area contributed by atoms with Gasteiger partial charge in [-0.1, -0.05) is 6.92 Å². The second-order valence-corrected chi connectivity index (χ2v) is 7.22. The summed E-state index contributed by atoms with van der Waals surface area (Å²) in [6.07, 6.45) is 0.759. The molecule has 0 spiro atoms. The number of H-pyrrole nitrogens is 1. The van der Waals surface area contributed by atoms with Gasteiger partial charge in [0.1, 0.15) is 0 Å². The number of hydrogen-bond donors (Lipinski definition) is 2. The number of fused-ring (bicyclic) bond motifs is 1. The van der Waals surface area contributed by atoms with E-state index in [9.17, 15) is 19.5 Å². The zero-order valence-electron chi connectivity index (χ0n) is 15.5. The van der Waals surface area contributed by atoms with Crippen LogP contribution >= 0.6 is 0 Å². The summed E-state index contributed by atoms with van der Waals surface area (Å²) in [5.41, 5.74) is 2.98. The van der Waals surface area contributed by atoms with Gasteiger partial charge >= 0.3 is 5.97 Å². The number of pyridine rings is 1. The van der Waals surface area contributed by atoms with Crippen molar-refractivity contribution in [3.63, 3.8) is 0 Å². The van der Waals surface area contributed by atoms with Crippen LogP contribution in [0.1, 0.15) is 30.2 Å². The summed E-state index contributed by atoms with van der Waals surface area (Å²) in [7, 11) is 1.74. The summed E-state index contributed by atoms with van der Waals surface area (Å²) in [4.78, 5) is 42.0. The number of aromatic nitrogens is 3. The van der Waals surface area contributed by atoms with E-state index in [2.05, 4.69) is 10.1 Å². The Hall–Kier alpha value is -2.64. The first-order valence-corrected chi connectivity index (χ1v) is 8.76. The smallest absolute Gasteiger partial charge is 0.308 e. The molecule has 2 atom stereocenters. The number of aromatic amines is 1. The fourth-order valence-corrected chi connectivity index (χ4v) is 3.90. The number of carbonyl (C=O) groups is 2. The van der Waals surface area contributed by atoms with Crippen molar-refractivity contribution < 1.29 is 14.7 Å². The molecule has 2 aromatic rings. The topological polar surface area (TPSA) is 108 Å². The van der Waals surface area contributed by atoms with E-state index in [4.69, 9.17) is 0 Å². The third-order valence-corrected chi connectivity index (χ3v) is 5.45. The minimum Gasteiger partial charge on any atom is -0.481 e. The lowest BCUT2D eigenvalue weighted by atomic mass is 9.99. The zero-order chi connectivity index (χ0) is 19.2. The molecule has 0 aromatic carbocycles. The predicted octanol–water partition coefficient (Wildman–Crippen LogP) is 0.990. The Morgan fingerprint density at radius 1 is 1.31 bits per heavy atom. The lowest BCUT2D eigenvalue weighted by molar-refractivity contribution is -0.142. The summed E-state index contributed by atoms with van der Waals surface area (Å²) < 4.78 is 1.60. The number of carboxylic acid groups (broad SMARTS) is 1. The molecule has 0 aliphatic carbocycles. The maximum atomic E-state index is 12.5. The lowest BCUT2D eigenvalue weighted by Crippen LogP contribution is -2.30. The first-order chi connectivity index (χ1) is 12.2. The molecule has 1 aliphatic rings. The molecular formula is C18H24N4O4. The van der Waals surface area contributed by atoms with E-state index < -0.39 is 11.9 Å². The molecule has 0 radical (unpaired) electrons. The number of aryl methyl sites for hydroxylation is 3. The highest BCUT2D eigenvalue weighted by Gasteiger charge is 2.36. The summed E-state index contributed by atoms with van der Waals surface area (Å²) in [6, 6.07) is 0. The van der Waals surface area contributed by atoms with Crippen LogP contribution in [0.5, 0.6) is 0 Å². The Morgan fingerprint density at radius 2 is 2.00 bits per heavy atom. The minimum atomic E-state index is -0.850. The predicted molar refractivity (Wildman–Crippen MR) is 96.0 cm³/mol. The largest absolute Gasteiger partial charge is 0.481 e. The van der Waals surface area contributed by atoms with Gasteiger partial charge in [0.05, 0.1) is 11.3 Å². The van der Waals surface area contributed by atoms with Gasteiger partial charge in [0.15, 0.2) is 5.65 Å². The van der Waals surface area contributed by atoms with Gasteiger partial charge in [-0.05, 0) is 37.3 Å². The number of rotatable bonds is 4. The Bertz CT molecular complexity index is 943. The van der Waals surface area contributed by atoms with Crippen molar-refractivity contribution in [3.05, 3.63) is 27.2 Å². The molecule has 26 heavy (non-hydrogen) atoms. The van der Waals surface area contributed by atoms with Crippen LogP contribution in [0.3, 0.4) is 0 Å². The van der Waals surface area contributed by atoms with Crippen molar-refractivity contribution >= 4 is 22.9 Å². The number of amides is 1. The summed E-state index contributed by atoms with van der Waals surface area (Å²) >= 11 is 0. The van der Waals surface area contributed by atoms with E-state index >= 15 is 0 Å². The summed E-state index contributed by atoms with van der Waals surface area (Å²) in [5.74, 6) is -1.44. The number of aliphatic carboxylic acids is 1.